The molecule has 1 aliphatic heterocycles. The summed E-state index contributed by atoms with van der Waals surface area (Å²) in [6.45, 7) is 1.53. The Labute approximate surface area is 123 Å². The van der Waals surface area contributed by atoms with Crippen LogP contribution in [-0.4, -0.2) is 23.7 Å². The molecule has 21 heavy (non-hydrogen) atoms. The van der Waals surface area contributed by atoms with E-state index >= 15 is 0 Å². The fraction of sp³-hybridized carbons (Fsp3) is 0.625. The average Bonchev–Trinajstić information content (AvgIpc) is 2.47. The van der Waals surface area contributed by atoms with E-state index < -0.39 is 12.1 Å². The van der Waals surface area contributed by atoms with Gasteiger partial charge >= 0.3 is 6.18 Å². The molecule has 1 saturated carbocycles. The fourth-order valence-electron chi connectivity index (χ4n) is 3.73. The highest BCUT2D eigenvalue weighted by molar-refractivity contribution is 5.51. The Morgan fingerprint density at radius 1 is 1.19 bits per heavy atom. The first-order valence-electron chi connectivity index (χ1n) is 7.62. The van der Waals surface area contributed by atoms with Gasteiger partial charge in [0.05, 0.1) is 5.92 Å². The normalized spacial score (nSPS) is 27.4. The summed E-state index contributed by atoms with van der Waals surface area (Å²) in [7, 11) is 0. The van der Waals surface area contributed by atoms with Gasteiger partial charge in [-0.15, -0.1) is 0 Å². The zero-order valence-electron chi connectivity index (χ0n) is 12.0. The van der Waals surface area contributed by atoms with Gasteiger partial charge in [-0.05, 0) is 42.9 Å². The number of anilines is 1. The summed E-state index contributed by atoms with van der Waals surface area (Å²) in [4.78, 5) is 2.20. The van der Waals surface area contributed by atoms with Crippen molar-refractivity contribution >= 4 is 5.69 Å². The topological polar surface area (TPSA) is 29.3 Å². The van der Waals surface area contributed by atoms with Gasteiger partial charge in [0.15, 0.2) is 0 Å². The molecule has 5 heteroatoms. The molecule has 0 aromatic heterocycles. The molecule has 2 atom stereocenters. The summed E-state index contributed by atoms with van der Waals surface area (Å²) in [5.74, 6) is -1.13. The zero-order valence-corrected chi connectivity index (χ0v) is 12.0. The van der Waals surface area contributed by atoms with Crippen LogP contribution in [0.1, 0.15) is 36.8 Å². The van der Waals surface area contributed by atoms with Crippen molar-refractivity contribution in [1.82, 2.24) is 4.90 Å². The second-order valence-electron chi connectivity index (χ2n) is 6.26. The van der Waals surface area contributed by atoms with Crippen molar-refractivity contribution in [2.45, 2.75) is 50.9 Å². The third-order valence-electron chi connectivity index (χ3n) is 4.96. The second-order valence-corrected chi connectivity index (χ2v) is 6.26. The third-order valence-corrected chi connectivity index (χ3v) is 4.96. The molecule has 0 amide bonds. The Hall–Kier alpha value is -1.23. The minimum atomic E-state index is -4.05. The number of rotatable bonds is 1. The van der Waals surface area contributed by atoms with Crippen LogP contribution in [0.5, 0.6) is 0 Å². The maximum absolute atomic E-state index is 12.9. The molecule has 0 spiro atoms. The van der Waals surface area contributed by atoms with E-state index in [1.807, 2.05) is 12.1 Å². The largest absolute Gasteiger partial charge is 0.398 e. The van der Waals surface area contributed by atoms with Crippen molar-refractivity contribution in [2.75, 3.05) is 12.3 Å². The molecule has 0 bridgehead atoms. The monoisotopic (exact) mass is 298 g/mol. The number of nitrogens with two attached hydrogens (primary N) is 1. The Morgan fingerprint density at radius 2 is 2.00 bits per heavy atom. The molecule has 3 rings (SSSR count). The molecule has 1 heterocycles. The molecule has 2 nitrogen and oxygen atoms in total. The minimum absolute atomic E-state index is 0.0399. The maximum atomic E-state index is 12.9. The Morgan fingerprint density at radius 3 is 2.76 bits per heavy atom. The Bertz CT molecular complexity index is 513. The quantitative estimate of drug-likeness (QED) is 0.800. The first kappa shape index (κ1) is 14.7. The van der Waals surface area contributed by atoms with Gasteiger partial charge in [-0.25, -0.2) is 0 Å². The van der Waals surface area contributed by atoms with Gasteiger partial charge in [0.2, 0.25) is 0 Å². The zero-order chi connectivity index (χ0) is 15.0. The van der Waals surface area contributed by atoms with Crippen molar-refractivity contribution < 1.29 is 13.2 Å². The number of benzene rings is 1. The Kier molecular flexibility index (Phi) is 3.86. The lowest BCUT2D eigenvalue weighted by molar-refractivity contribution is -0.187. The lowest BCUT2D eigenvalue weighted by Gasteiger charge is -2.40. The summed E-state index contributed by atoms with van der Waals surface area (Å²) in [6.07, 6.45) is -1.10. The highest BCUT2D eigenvalue weighted by Gasteiger charge is 2.43. The summed E-state index contributed by atoms with van der Waals surface area (Å²) < 4.78 is 38.8. The fourth-order valence-corrected chi connectivity index (χ4v) is 3.73. The number of halogens is 3. The van der Waals surface area contributed by atoms with E-state index in [2.05, 4.69) is 11.0 Å². The molecule has 1 aromatic carbocycles. The summed E-state index contributed by atoms with van der Waals surface area (Å²) in [5.41, 5.74) is 9.14. The minimum Gasteiger partial charge on any atom is -0.398 e. The van der Waals surface area contributed by atoms with Crippen molar-refractivity contribution in [1.29, 1.82) is 0 Å². The number of hydrogen-bond donors (Lipinski definition) is 1. The number of fused-ring (bicyclic) bond motifs is 1. The van der Waals surface area contributed by atoms with Gasteiger partial charge in [0, 0.05) is 24.8 Å². The molecule has 0 saturated heterocycles. The lowest BCUT2D eigenvalue weighted by atomic mass is 9.83. The number of nitrogen functional groups attached to an aromatic ring is 1. The van der Waals surface area contributed by atoms with E-state index in [0.717, 1.165) is 30.6 Å². The van der Waals surface area contributed by atoms with E-state index in [1.165, 1.54) is 5.56 Å². The van der Waals surface area contributed by atoms with E-state index in [4.69, 9.17) is 5.73 Å². The van der Waals surface area contributed by atoms with Crippen LogP contribution >= 0.6 is 0 Å². The predicted molar refractivity (Wildman–Crippen MR) is 76.8 cm³/mol. The second kappa shape index (κ2) is 5.52. The average molecular weight is 298 g/mol. The predicted octanol–water partition coefficient (Wildman–Crippen LogP) is 3.75. The molecular formula is C16H21F3N2. The van der Waals surface area contributed by atoms with Crippen LogP contribution in [0.15, 0.2) is 18.2 Å². The van der Waals surface area contributed by atoms with E-state index in [9.17, 15) is 13.2 Å². The van der Waals surface area contributed by atoms with Crippen molar-refractivity contribution in [3.8, 4) is 0 Å². The van der Waals surface area contributed by atoms with Gasteiger partial charge in [-0.3, -0.25) is 4.90 Å². The third kappa shape index (κ3) is 3.03. The molecule has 1 fully saturated rings. The van der Waals surface area contributed by atoms with E-state index in [-0.39, 0.29) is 18.9 Å². The molecule has 116 valence electrons. The number of nitrogens with zero attached hydrogens (tertiary/aromatic N) is 1. The van der Waals surface area contributed by atoms with Gasteiger partial charge in [0.25, 0.3) is 0 Å². The molecule has 2 aliphatic rings. The molecule has 1 aromatic rings. The van der Waals surface area contributed by atoms with Crippen molar-refractivity contribution in [3.63, 3.8) is 0 Å². The first-order chi connectivity index (χ1) is 9.95. The summed E-state index contributed by atoms with van der Waals surface area (Å²) >= 11 is 0. The number of alkyl halides is 3. The SMILES string of the molecule is Nc1cccc2c1CN(C1CCCC(C(F)(F)F)C1)CC2. The smallest absolute Gasteiger partial charge is 0.391 e. The van der Waals surface area contributed by atoms with Crippen LogP contribution in [0.3, 0.4) is 0 Å². The molecule has 2 unspecified atom stereocenters. The summed E-state index contributed by atoms with van der Waals surface area (Å²) in [6, 6.07) is 5.94. The Balaban J connectivity index is 1.72. The van der Waals surface area contributed by atoms with Crippen molar-refractivity contribution in [3.05, 3.63) is 29.3 Å². The van der Waals surface area contributed by atoms with Crippen LogP contribution < -0.4 is 5.73 Å². The molecular weight excluding hydrogens is 277 g/mol. The highest BCUT2D eigenvalue weighted by atomic mass is 19.4. The highest BCUT2D eigenvalue weighted by Crippen LogP contribution is 2.40. The van der Waals surface area contributed by atoms with Gasteiger partial charge < -0.3 is 5.73 Å². The maximum Gasteiger partial charge on any atom is 0.391 e. The van der Waals surface area contributed by atoms with Gasteiger partial charge in [0.1, 0.15) is 0 Å². The van der Waals surface area contributed by atoms with Crippen LogP contribution in [-0.2, 0) is 13.0 Å². The first-order valence-corrected chi connectivity index (χ1v) is 7.62. The lowest BCUT2D eigenvalue weighted by Crippen LogP contribution is -2.44. The molecule has 2 N–H and O–H groups in total. The number of hydrogen-bond acceptors (Lipinski definition) is 2. The van der Waals surface area contributed by atoms with Crippen LogP contribution in [0.25, 0.3) is 0 Å². The van der Waals surface area contributed by atoms with Crippen molar-refractivity contribution in [2.24, 2.45) is 5.92 Å². The van der Waals surface area contributed by atoms with Crippen LogP contribution in [0.4, 0.5) is 18.9 Å². The van der Waals surface area contributed by atoms with Gasteiger partial charge in [-0.1, -0.05) is 18.6 Å². The molecule has 0 radical (unpaired) electrons. The summed E-state index contributed by atoms with van der Waals surface area (Å²) in [5, 5.41) is 0. The van der Waals surface area contributed by atoms with E-state index in [0.29, 0.717) is 13.0 Å². The van der Waals surface area contributed by atoms with Crippen LogP contribution in [0.2, 0.25) is 0 Å². The molecule has 1 aliphatic carbocycles. The van der Waals surface area contributed by atoms with Crippen LogP contribution in [0, 0.1) is 5.92 Å². The van der Waals surface area contributed by atoms with E-state index in [1.54, 1.807) is 0 Å². The van der Waals surface area contributed by atoms with Gasteiger partial charge in [-0.2, -0.15) is 13.2 Å². The standard InChI is InChI=1S/C16H21F3N2/c17-16(18,19)12-4-2-5-13(9-12)21-8-7-11-3-1-6-15(20)14(11)10-21/h1,3,6,12-13H,2,4-5,7-10,20H2.